The van der Waals surface area contributed by atoms with E-state index in [1.54, 1.807) is 29.3 Å². The highest BCUT2D eigenvalue weighted by atomic mass is 16.4. The number of carbonyl (C=O) groups is 1. The molecule has 4 aromatic rings. The van der Waals surface area contributed by atoms with Gasteiger partial charge in [-0.15, -0.1) is 0 Å². The van der Waals surface area contributed by atoms with Crippen molar-refractivity contribution in [3.63, 3.8) is 0 Å². The van der Waals surface area contributed by atoms with E-state index in [1.165, 1.54) is 0 Å². The van der Waals surface area contributed by atoms with Gasteiger partial charge in [0.05, 0.1) is 0 Å². The molecule has 5 rings (SSSR count). The Morgan fingerprint density at radius 2 is 1.76 bits per heavy atom. The molecule has 0 bridgehead atoms. The van der Waals surface area contributed by atoms with E-state index < -0.39 is 5.63 Å². The van der Waals surface area contributed by atoms with Crippen molar-refractivity contribution in [1.29, 1.82) is 0 Å². The number of hydrogen-bond donors (Lipinski definition) is 1. The second-order valence-corrected chi connectivity index (χ2v) is 7.76. The van der Waals surface area contributed by atoms with Crippen LogP contribution in [0.4, 0.5) is 17.5 Å². The van der Waals surface area contributed by atoms with E-state index in [2.05, 4.69) is 25.2 Å². The molecule has 4 heterocycles. The Labute approximate surface area is 189 Å². The van der Waals surface area contributed by atoms with Crippen LogP contribution in [-0.4, -0.2) is 51.9 Å². The summed E-state index contributed by atoms with van der Waals surface area (Å²) in [6.07, 6.45) is 1.71. The SMILES string of the molecule is Cc1nc(Nc2ccccn2)cc(N2CCN(C(=O)c3cc4ccccc4oc3=O)CC2)n1. The van der Waals surface area contributed by atoms with E-state index in [9.17, 15) is 9.59 Å². The Bertz CT molecular complexity index is 1360. The van der Waals surface area contributed by atoms with Gasteiger partial charge in [0.2, 0.25) is 0 Å². The van der Waals surface area contributed by atoms with Crippen LogP contribution in [0.1, 0.15) is 16.2 Å². The van der Waals surface area contributed by atoms with Crippen LogP contribution >= 0.6 is 0 Å². The molecule has 1 aromatic carbocycles. The van der Waals surface area contributed by atoms with Crippen LogP contribution in [0.15, 0.2) is 70.0 Å². The first-order valence-corrected chi connectivity index (χ1v) is 10.7. The van der Waals surface area contributed by atoms with Crippen molar-refractivity contribution < 1.29 is 9.21 Å². The fraction of sp³-hybridized carbons (Fsp3) is 0.208. The van der Waals surface area contributed by atoms with Crippen molar-refractivity contribution in [2.75, 3.05) is 36.4 Å². The van der Waals surface area contributed by atoms with Crippen molar-refractivity contribution in [2.45, 2.75) is 6.92 Å². The van der Waals surface area contributed by atoms with Crippen LogP contribution in [-0.2, 0) is 0 Å². The van der Waals surface area contributed by atoms with E-state index in [4.69, 9.17) is 4.42 Å². The Balaban J connectivity index is 1.30. The van der Waals surface area contributed by atoms with Gasteiger partial charge in [0, 0.05) is 43.8 Å². The lowest BCUT2D eigenvalue weighted by molar-refractivity contribution is 0.0742. The number of fused-ring (bicyclic) bond motifs is 1. The average molecular weight is 442 g/mol. The number of aromatic nitrogens is 3. The third-order valence-electron chi connectivity index (χ3n) is 5.51. The van der Waals surface area contributed by atoms with E-state index >= 15 is 0 Å². The highest BCUT2D eigenvalue weighted by Gasteiger charge is 2.26. The monoisotopic (exact) mass is 442 g/mol. The summed E-state index contributed by atoms with van der Waals surface area (Å²) in [6, 6.07) is 16.3. The molecule has 0 spiro atoms. The van der Waals surface area contributed by atoms with Gasteiger partial charge in [0.25, 0.3) is 5.91 Å². The Kier molecular flexibility index (Phi) is 5.43. The largest absolute Gasteiger partial charge is 0.422 e. The fourth-order valence-corrected chi connectivity index (χ4v) is 3.87. The predicted octanol–water partition coefficient (Wildman–Crippen LogP) is 2.99. The fourth-order valence-electron chi connectivity index (χ4n) is 3.87. The average Bonchev–Trinajstić information content (AvgIpc) is 2.83. The molecular formula is C24H22N6O3. The maximum absolute atomic E-state index is 13.0. The van der Waals surface area contributed by atoms with Gasteiger partial charge in [-0.1, -0.05) is 24.3 Å². The van der Waals surface area contributed by atoms with Crippen LogP contribution in [0.5, 0.6) is 0 Å². The minimum atomic E-state index is -0.613. The minimum absolute atomic E-state index is 0.0573. The summed E-state index contributed by atoms with van der Waals surface area (Å²) < 4.78 is 5.33. The molecule has 166 valence electrons. The van der Waals surface area contributed by atoms with Gasteiger partial charge in [0.1, 0.15) is 34.4 Å². The van der Waals surface area contributed by atoms with E-state index in [1.807, 2.05) is 43.3 Å². The van der Waals surface area contributed by atoms with Gasteiger partial charge in [-0.2, -0.15) is 0 Å². The number of nitrogens with one attached hydrogen (secondary N) is 1. The number of para-hydroxylation sites is 1. The number of piperazine rings is 1. The molecule has 1 aliphatic heterocycles. The van der Waals surface area contributed by atoms with Crippen LogP contribution in [0.25, 0.3) is 11.0 Å². The normalized spacial score (nSPS) is 13.8. The molecule has 0 saturated carbocycles. The Morgan fingerprint density at radius 1 is 0.970 bits per heavy atom. The maximum atomic E-state index is 13.0. The van der Waals surface area contributed by atoms with E-state index in [0.29, 0.717) is 49.2 Å². The minimum Gasteiger partial charge on any atom is -0.422 e. The summed E-state index contributed by atoms with van der Waals surface area (Å²) in [5.74, 6) is 2.46. The second-order valence-electron chi connectivity index (χ2n) is 7.76. The summed E-state index contributed by atoms with van der Waals surface area (Å²) in [6.45, 7) is 3.95. The number of anilines is 3. The Hall–Kier alpha value is -4.27. The van der Waals surface area contributed by atoms with Gasteiger partial charge < -0.3 is 19.5 Å². The van der Waals surface area contributed by atoms with Crippen molar-refractivity contribution in [2.24, 2.45) is 0 Å². The third kappa shape index (κ3) is 4.38. The molecule has 1 amide bonds. The number of carbonyl (C=O) groups excluding carboxylic acids is 1. The van der Waals surface area contributed by atoms with Gasteiger partial charge >= 0.3 is 5.63 Å². The van der Waals surface area contributed by atoms with Gasteiger partial charge in [-0.05, 0) is 31.2 Å². The van der Waals surface area contributed by atoms with Gasteiger partial charge in [0.15, 0.2) is 0 Å². The smallest absolute Gasteiger partial charge is 0.349 e. The molecule has 9 nitrogen and oxygen atoms in total. The molecule has 0 radical (unpaired) electrons. The summed E-state index contributed by atoms with van der Waals surface area (Å²) in [5, 5.41) is 3.92. The van der Waals surface area contributed by atoms with Crippen LogP contribution in [0, 0.1) is 6.92 Å². The highest BCUT2D eigenvalue weighted by molar-refractivity contribution is 5.96. The highest BCUT2D eigenvalue weighted by Crippen LogP contribution is 2.21. The number of benzene rings is 1. The van der Waals surface area contributed by atoms with E-state index in [-0.39, 0.29) is 11.5 Å². The first kappa shape index (κ1) is 20.6. The molecular weight excluding hydrogens is 420 g/mol. The number of amides is 1. The molecule has 1 aliphatic rings. The lowest BCUT2D eigenvalue weighted by Crippen LogP contribution is -2.49. The molecule has 0 unspecified atom stereocenters. The number of pyridine rings is 1. The van der Waals surface area contributed by atoms with Gasteiger partial charge in [-0.25, -0.2) is 19.7 Å². The van der Waals surface area contributed by atoms with Crippen LogP contribution in [0.3, 0.4) is 0 Å². The molecule has 0 aliphatic carbocycles. The van der Waals surface area contributed by atoms with Crippen molar-refractivity contribution in [3.05, 3.63) is 82.6 Å². The molecule has 3 aromatic heterocycles. The first-order valence-electron chi connectivity index (χ1n) is 10.7. The van der Waals surface area contributed by atoms with Crippen molar-refractivity contribution in [1.82, 2.24) is 19.9 Å². The lowest BCUT2D eigenvalue weighted by atomic mass is 10.1. The second kappa shape index (κ2) is 8.70. The summed E-state index contributed by atoms with van der Waals surface area (Å²) >= 11 is 0. The number of hydrogen-bond acceptors (Lipinski definition) is 8. The zero-order valence-electron chi connectivity index (χ0n) is 18.1. The lowest BCUT2D eigenvalue weighted by Gasteiger charge is -2.35. The molecule has 1 saturated heterocycles. The summed E-state index contributed by atoms with van der Waals surface area (Å²) in [5.41, 5.74) is -0.0854. The van der Waals surface area contributed by atoms with E-state index in [0.717, 1.165) is 11.2 Å². The van der Waals surface area contributed by atoms with Crippen molar-refractivity contribution in [3.8, 4) is 0 Å². The van der Waals surface area contributed by atoms with Crippen LogP contribution in [0.2, 0.25) is 0 Å². The van der Waals surface area contributed by atoms with Crippen LogP contribution < -0.4 is 15.8 Å². The number of nitrogens with zero attached hydrogens (tertiary/aromatic N) is 5. The van der Waals surface area contributed by atoms with Crippen molar-refractivity contribution >= 4 is 34.3 Å². The quantitative estimate of drug-likeness (QED) is 0.481. The molecule has 33 heavy (non-hydrogen) atoms. The topological polar surface area (TPSA) is 104 Å². The number of rotatable bonds is 4. The third-order valence-corrected chi connectivity index (χ3v) is 5.51. The Morgan fingerprint density at radius 3 is 2.55 bits per heavy atom. The molecule has 9 heteroatoms. The number of aryl methyl sites for hydroxylation is 1. The van der Waals surface area contributed by atoms with Gasteiger partial charge in [-0.3, -0.25) is 4.79 Å². The molecule has 1 N–H and O–H groups in total. The molecule has 0 atom stereocenters. The zero-order valence-corrected chi connectivity index (χ0v) is 18.1. The first-order chi connectivity index (χ1) is 16.1. The zero-order chi connectivity index (χ0) is 22.8. The summed E-state index contributed by atoms with van der Waals surface area (Å²) in [7, 11) is 0. The predicted molar refractivity (Wildman–Crippen MR) is 125 cm³/mol. The molecule has 1 fully saturated rings. The standard InChI is InChI=1S/C24H22N6O3/c1-16-26-21(28-20-8-4-5-9-25-20)15-22(27-16)29-10-12-30(13-11-29)23(31)18-14-17-6-2-3-7-19(17)33-24(18)32/h2-9,14-15H,10-13H2,1H3,(H,25,26,27,28). The maximum Gasteiger partial charge on any atom is 0.349 e. The summed E-state index contributed by atoms with van der Waals surface area (Å²) in [4.78, 5) is 42.5.